The van der Waals surface area contributed by atoms with Gasteiger partial charge in [0.15, 0.2) is 0 Å². The third-order valence-electron chi connectivity index (χ3n) is 4.00. The Hall–Kier alpha value is -1.59. The van der Waals surface area contributed by atoms with Gasteiger partial charge in [0, 0.05) is 18.6 Å². The molecule has 1 aliphatic rings. The highest BCUT2D eigenvalue weighted by molar-refractivity contribution is 5.43. The van der Waals surface area contributed by atoms with Crippen molar-refractivity contribution in [2.24, 2.45) is 0 Å². The van der Waals surface area contributed by atoms with Crippen LogP contribution in [0.15, 0.2) is 0 Å². The molecule has 1 saturated heterocycles. The Morgan fingerprint density at radius 2 is 1.79 bits per heavy atom. The third kappa shape index (κ3) is 3.24. The number of nitrogen functional groups attached to an aromatic ring is 1. The first-order valence-corrected chi connectivity index (χ1v) is 7.11. The molecule has 1 fully saturated rings. The van der Waals surface area contributed by atoms with E-state index in [1.165, 1.54) is 12.8 Å². The molecule has 0 bridgehead atoms. The van der Waals surface area contributed by atoms with E-state index in [0.717, 1.165) is 25.9 Å². The molecule has 6 heteroatoms. The predicted octanol–water partition coefficient (Wildman–Crippen LogP) is 2.04. The minimum Gasteiger partial charge on any atom is -0.368 e. The molecule has 0 saturated carbocycles. The van der Waals surface area contributed by atoms with E-state index in [-0.39, 0.29) is 11.5 Å². The highest BCUT2D eigenvalue weighted by Gasteiger charge is 2.22. The fraction of sp³-hybridized carbons (Fsp3) is 0.769. The molecule has 0 aromatic carbocycles. The Morgan fingerprint density at radius 3 is 2.37 bits per heavy atom. The molecule has 0 amide bonds. The largest absolute Gasteiger partial charge is 0.368 e. The lowest BCUT2D eigenvalue weighted by Gasteiger charge is -2.28. The summed E-state index contributed by atoms with van der Waals surface area (Å²) in [5.41, 5.74) is 5.80. The fourth-order valence-corrected chi connectivity index (χ4v) is 2.19. The van der Waals surface area contributed by atoms with E-state index in [9.17, 15) is 0 Å². The van der Waals surface area contributed by atoms with Crippen molar-refractivity contribution >= 4 is 17.8 Å². The van der Waals surface area contributed by atoms with Gasteiger partial charge in [0.05, 0.1) is 0 Å². The molecule has 106 valence electrons. The molecule has 0 aliphatic carbocycles. The average Bonchev–Trinajstić information content (AvgIpc) is 2.92. The summed E-state index contributed by atoms with van der Waals surface area (Å²) in [5, 5.41) is 3.39. The zero-order valence-corrected chi connectivity index (χ0v) is 12.1. The van der Waals surface area contributed by atoms with Crippen molar-refractivity contribution in [3.8, 4) is 0 Å². The number of nitrogens with zero attached hydrogens (tertiary/aromatic N) is 4. The SMILES string of the molecule is CCC(C)(CC)Nc1nc(N)nc(N2CCCC2)n1. The van der Waals surface area contributed by atoms with Crippen LogP contribution < -0.4 is 16.0 Å². The van der Waals surface area contributed by atoms with E-state index in [1.807, 2.05) is 0 Å². The van der Waals surface area contributed by atoms with Gasteiger partial charge in [-0.05, 0) is 32.6 Å². The van der Waals surface area contributed by atoms with E-state index < -0.39 is 0 Å². The van der Waals surface area contributed by atoms with Crippen molar-refractivity contribution in [1.82, 2.24) is 15.0 Å². The van der Waals surface area contributed by atoms with Gasteiger partial charge in [-0.15, -0.1) is 0 Å². The molecule has 1 aromatic heterocycles. The first-order chi connectivity index (χ1) is 9.06. The second-order valence-corrected chi connectivity index (χ2v) is 5.40. The van der Waals surface area contributed by atoms with Gasteiger partial charge >= 0.3 is 0 Å². The second-order valence-electron chi connectivity index (χ2n) is 5.40. The highest BCUT2D eigenvalue weighted by atomic mass is 15.3. The van der Waals surface area contributed by atoms with Gasteiger partial charge in [-0.1, -0.05) is 13.8 Å². The molecule has 3 N–H and O–H groups in total. The summed E-state index contributed by atoms with van der Waals surface area (Å²) in [6, 6.07) is 0. The zero-order chi connectivity index (χ0) is 13.9. The molecule has 1 aromatic rings. The zero-order valence-electron chi connectivity index (χ0n) is 12.1. The lowest BCUT2D eigenvalue weighted by atomic mass is 9.96. The Kier molecular flexibility index (Phi) is 4.07. The number of aromatic nitrogens is 3. The Balaban J connectivity index is 2.21. The van der Waals surface area contributed by atoms with Gasteiger partial charge in [-0.25, -0.2) is 0 Å². The molecular weight excluding hydrogens is 240 g/mol. The van der Waals surface area contributed by atoms with Crippen LogP contribution in [0.5, 0.6) is 0 Å². The number of nitrogens with two attached hydrogens (primary N) is 1. The van der Waals surface area contributed by atoms with Crippen LogP contribution in [0, 0.1) is 0 Å². The van der Waals surface area contributed by atoms with Crippen LogP contribution in [0.1, 0.15) is 46.5 Å². The molecule has 0 atom stereocenters. The van der Waals surface area contributed by atoms with E-state index in [0.29, 0.717) is 11.9 Å². The maximum Gasteiger partial charge on any atom is 0.231 e. The van der Waals surface area contributed by atoms with Gasteiger partial charge in [0.2, 0.25) is 17.8 Å². The maximum absolute atomic E-state index is 5.80. The maximum atomic E-state index is 5.80. The van der Waals surface area contributed by atoms with Gasteiger partial charge in [-0.3, -0.25) is 0 Å². The summed E-state index contributed by atoms with van der Waals surface area (Å²) >= 11 is 0. The lowest BCUT2D eigenvalue weighted by molar-refractivity contribution is 0.474. The summed E-state index contributed by atoms with van der Waals surface area (Å²) in [6.45, 7) is 8.48. The van der Waals surface area contributed by atoms with E-state index >= 15 is 0 Å². The van der Waals surface area contributed by atoms with Crippen LogP contribution in [0.3, 0.4) is 0 Å². The van der Waals surface area contributed by atoms with Crippen LogP contribution >= 0.6 is 0 Å². The van der Waals surface area contributed by atoms with Crippen molar-refractivity contribution in [3.63, 3.8) is 0 Å². The number of rotatable bonds is 5. The fourth-order valence-electron chi connectivity index (χ4n) is 2.19. The molecule has 19 heavy (non-hydrogen) atoms. The summed E-state index contributed by atoms with van der Waals surface area (Å²) in [5.74, 6) is 1.57. The van der Waals surface area contributed by atoms with Crippen molar-refractivity contribution < 1.29 is 0 Å². The molecular formula is C13H24N6. The molecule has 2 heterocycles. The third-order valence-corrected chi connectivity index (χ3v) is 4.00. The molecule has 0 spiro atoms. The van der Waals surface area contributed by atoms with Crippen molar-refractivity contribution in [2.45, 2.75) is 52.0 Å². The minimum atomic E-state index is -0.00390. The van der Waals surface area contributed by atoms with E-state index in [2.05, 4.69) is 45.9 Å². The van der Waals surface area contributed by atoms with Crippen LogP contribution in [-0.2, 0) is 0 Å². The molecule has 6 nitrogen and oxygen atoms in total. The van der Waals surface area contributed by atoms with Crippen molar-refractivity contribution in [3.05, 3.63) is 0 Å². The molecule has 2 rings (SSSR count). The molecule has 0 unspecified atom stereocenters. The summed E-state index contributed by atoms with van der Waals surface area (Å²) in [4.78, 5) is 15.1. The van der Waals surface area contributed by atoms with E-state index in [1.54, 1.807) is 0 Å². The monoisotopic (exact) mass is 264 g/mol. The van der Waals surface area contributed by atoms with Gasteiger partial charge in [-0.2, -0.15) is 15.0 Å². The van der Waals surface area contributed by atoms with Crippen LogP contribution in [0.25, 0.3) is 0 Å². The highest BCUT2D eigenvalue weighted by Crippen LogP contribution is 2.22. The topological polar surface area (TPSA) is 80.0 Å². The van der Waals surface area contributed by atoms with Crippen LogP contribution in [0.2, 0.25) is 0 Å². The second kappa shape index (κ2) is 5.59. The Bertz CT molecular complexity index is 423. The van der Waals surface area contributed by atoms with Crippen LogP contribution in [0.4, 0.5) is 17.8 Å². The lowest BCUT2D eigenvalue weighted by Crippen LogP contribution is -2.34. The van der Waals surface area contributed by atoms with E-state index in [4.69, 9.17) is 5.73 Å². The molecule has 0 radical (unpaired) electrons. The first-order valence-electron chi connectivity index (χ1n) is 7.11. The predicted molar refractivity (Wildman–Crippen MR) is 78.3 cm³/mol. The van der Waals surface area contributed by atoms with Gasteiger partial charge < -0.3 is 16.0 Å². The number of hydrogen-bond donors (Lipinski definition) is 2. The minimum absolute atomic E-state index is 0.00390. The Labute approximate surface area is 114 Å². The summed E-state index contributed by atoms with van der Waals surface area (Å²) in [7, 11) is 0. The van der Waals surface area contributed by atoms with Gasteiger partial charge in [0.25, 0.3) is 0 Å². The van der Waals surface area contributed by atoms with Crippen LogP contribution in [-0.4, -0.2) is 33.6 Å². The first kappa shape index (κ1) is 13.8. The Morgan fingerprint density at radius 1 is 1.16 bits per heavy atom. The standard InChI is InChI=1S/C13H24N6/c1-4-13(3,5-2)18-11-15-10(14)16-12(17-11)19-8-6-7-9-19/h4-9H2,1-3H3,(H3,14,15,16,17,18). The average molecular weight is 264 g/mol. The summed E-state index contributed by atoms with van der Waals surface area (Å²) < 4.78 is 0. The number of anilines is 3. The number of nitrogens with one attached hydrogen (secondary N) is 1. The van der Waals surface area contributed by atoms with Gasteiger partial charge in [0.1, 0.15) is 0 Å². The molecule has 1 aliphatic heterocycles. The quantitative estimate of drug-likeness (QED) is 0.847. The van der Waals surface area contributed by atoms with Crippen molar-refractivity contribution in [2.75, 3.05) is 29.0 Å². The number of hydrogen-bond acceptors (Lipinski definition) is 6. The van der Waals surface area contributed by atoms with Crippen molar-refractivity contribution in [1.29, 1.82) is 0 Å². The summed E-state index contributed by atoms with van der Waals surface area (Å²) in [6.07, 6.45) is 4.40. The normalized spacial score (nSPS) is 15.8. The smallest absolute Gasteiger partial charge is 0.231 e.